The van der Waals surface area contributed by atoms with Gasteiger partial charge in [-0.05, 0) is 44.9 Å². The molecular formula is C12H19NO. The van der Waals surface area contributed by atoms with Crippen LogP contribution in [0.3, 0.4) is 0 Å². The van der Waals surface area contributed by atoms with Crippen LogP contribution in [0, 0.1) is 23.2 Å². The van der Waals surface area contributed by atoms with Crippen LogP contribution in [0.1, 0.15) is 46.5 Å². The average molecular weight is 193 g/mol. The van der Waals surface area contributed by atoms with E-state index in [2.05, 4.69) is 26.8 Å². The van der Waals surface area contributed by atoms with Crippen LogP contribution >= 0.6 is 0 Å². The fourth-order valence-electron chi connectivity index (χ4n) is 2.90. The predicted molar refractivity (Wildman–Crippen MR) is 54.6 cm³/mol. The molecule has 0 aromatic carbocycles. The molecular weight excluding hydrogens is 174 g/mol. The van der Waals surface area contributed by atoms with Crippen LogP contribution in [0.4, 0.5) is 0 Å². The Kier molecular flexibility index (Phi) is 2.12. The molecule has 0 aromatic rings. The van der Waals surface area contributed by atoms with Gasteiger partial charge in [-0.3, -0.25) is 0 Å². The van der Waals surface area contributed by atoms with Crippen molar-refractivity contribution in [3.05, 3.63) is 0 Å². The lowest BCUT2D eigenvalue weighted by Gasteiger charge is -2.29. The Labute approximate surface area is 86.2 Å². The summed E-state index contributed by atoms with van der Waals surface area (Å²) >= 11 is 0. The third-order valence-electron chi connectivity index (χ3n) is 3.98. The van der Waals surface area contributed by atoms with Gasteiger partial charge >= 0.3 is 0 Å². The van der Waals surface area contributed by atoms with Crippen molar-refractivity contribution in [3.8, 4) is 6.07 Å². The summed E-state index contributed by atoms with van der Waals surface area (Å²) in [5.41, 5.74) is -0.114. The molecule has 1 heterocycles. The van der Waals surface area contributed by atoms with E-state index in [-0.39, 0.29) is 11.2 Å². The first kappa shape index (κ1) is 9.98. The normalized spacial score (nSPS) is 51.6. The molecule has 4 atom stereocenters. The van der Waals surface area contributed by atoms with Gasteiger partial charge < -0.3 is 4.74 Å². The highest BCUT2D eigenvalue weighted by molar-refractivity contribution is 5.05. The molecule has 0 radical (unpaired) electrons. The van der Waals surface area contributed by atoms with E-state index in [1.807, 2.05) is 0 Å². The average Bonchev–Trinajstić information content (AvgIpc) is 2.73. The Morgan fingerprint density at radius 3 is 2.57 bits per heavy atom. The van der Waals surface area contributed by atoms with E-state index in [0.29, 0.717) is 6.42 Å². The Hall–Kier alpha value is -0.550. The standard InChI is InChI=1S/C12H19NO/c1-9-8-10(9)12(3)5-4-11(2,14-12)6-7-13/h9-10H,4-6,8H2,1-3H3. The molecule has 1 aliphatic heterocycles. The van der Waals surface area contributed by atoms with Crippen molar-refractivity contribution in [3.63, 3.8) is 0 Å². The monoisotopic (exact) mass is 193 g/mol. The van der Waals surface area contributed by atoms with Crippen molar-refractivity contribution in [2.45, 2.75) is 57.7 Å². The van der Waals surface area contributed by atoms with Gasteiger partial charge in [-0.15, -0.1) is 0 Å². The Bertz CT molecular complexity index is 283. The summed E-state index contributed by atoms with van der Waals surface area (Å²) in [5.74, 6) is 1.56. The molecule has 2 fully saturated rings. The molecule has 0 bridgehead atoms. The lowest BCUT2D eigenvalue weighted by Crippen LogP contribution is -2.33. The van der Waals surface area contributed by atoms with Crippen LogP contribution in [-0.2, 0) is 4.74 Å². The first-order valence-electron chi connectivity index (χ1n) is 5.56. The van der Waals surface area contributed by atoms with Crippen LogP contribution in [0.25, 0.3) is 0 Å². The van der Waals surface area contributed by atoms with Crippen molar-refractivity contribution in [2.75, 3.05) is 0 Å². The molecule has 1 saturated carbocycles. The largest absolute Gasteiger partial charge is 0.368 e. The minimum Gasteiger partial charge on any atom is -0.368 e. The molecule has 0 spiro atoms. The number of hydrogen-bond donors (Lipinski definition) is 0. The van der Waals surface area contributed by atoms with E-state index in [0.717, 1.165) is 24.7 Å². The molecule has 0 N–H and O–H groups in total. The lowest BCUT2D eigenvalue weighted by molar-refractivity contribution is -0.0959. The molecule has 2 aliphatic rings. The van der Waals surface area contributed by atoms with Gasteiger partial charge in [0.05, 0.1) is 23.7 Å². The molecule has 14 heavy (non-hydrogen) atoms. The van der Waals surface area contributed by atoms with E-state index < -0.39 is 0 Å². The van der Waals surface area contributed by atoms with E-state index >= 15 is 0 Å². The Balaban J connectivity index is 2.03. The summed E-state index contributed by atoms with van der Waals surface area (Å²) in [7, 11) is 0. The summed E-state index contributed by atoms with van der Waals surface area (Å²) in [5, 5.41) is 8.74. The Morgan fingerprint density at radius 1 is 1.43 bits per heavy atom. The van der Waals surface area contributed by atoms with E-state index in [1.165, 1.54) is 6.42 Å². The van der Waals surface area contributed by atoms with Gasteiger partial charge in [0.2, 0.25) is 0 Å². The predicted octanol–water partition coefficient (Wildman–Crippen LogP) is 2.88. The van der Waals surface area contributed by atoms with Crippen LogP contribution in [0.2, 0.25) is 0 Å². The molecule has 0 aromatic heterocycles. The maximum absolute atomic E-state index is 8.74. The van der Waals surface area contributed by atoms with Crippen LogP contribution in [-0.4, -0.2) is 11.2 Å². The van der Waals surface area contributed by atoms with E-state index in [9.17, 15) is 0 Å². The summed E-state index contributed by atoms with van der Waals surface area (Å²) in [6.07, 6.45) is 4.00. The zero-order chi connectivity index (χ0) is 10.4. The SMILES string of the molecule is CC1CC1C1(C)CCC(C)(CC#N)O1. The van der Waals surface area contributed by atoms with Crippen molar-refractivity contribution in [1.29, 1.82) is 5.26 Å². The second kappa shape index (κ2) is 2.97. The zero-order valence-corrected chi connectivity index (χ0v) is 9.34. The summed E-state index contributed by atoms with van der Waals surface area (Å²) in [6, 6.07) is 2.23. The van der Waals surface area contributed by atoms with Crippen LogP contribution in [0.5, 0.6) is 0 Å². The highest BCUT2D eigenvalue weighted by atomic mass is 16.5. The van der Waals surface area contributed by atoms with E-state index in [1.54, 1.807) is 0 Å². The van der Waals surface area contributed by atoms with Crippen molar-refractivity contribution in [2.24, 2.45) is 11.8 Å². The molecule has 0 amide bonds. The summed E-state index contributed by atoms with van der Waals surface area (Å²) < 4.78 is 6.15. The molecule has 4 unspecified atom stereocenters. The number of nitrogens with zero attached hydrogens (tertiary/aromatic N) is 1. The van der Waals surface area contributed by atoms with Gasteiger partial charge in [-0.2, -0.15) is 5.26 Å². The third-order valence-corrected chi connectivity index (χ3v) is 3.98. The van der Waals surface area contributed by atoms with Crippen molar-refractivity contribution in [1.82, 2.24) is 0 Å². The van der Waals surface area contributed by atoms with Gasteiger partial charge in [0.15, 0.2) is 0 Å². The van der Waals surface area contributed by atoms with Gasteiger partial charge in [0, 0.05) is 0 Å². The highest BCUT2D eigenvalue weighted by Gasteiger charge is 2.54. The van der Waals surface area contributed by atoms with Gasteiger partial charge in [-0.1, -0.05) is 6.92 Å². The molecule has 1 saturated heterocycles. The maximum Gasteiger partial charge on any atom is 0.0792 e. The number of hydrogen-bond acceptors (Lipinski definition) is 2. The van der Waals surface area contributed by atoms with Crippen LogP contribution in [0.15, 0.2) is 0 Å². The van der Waals surface area contributed by atoms with Gasteiger partial charge in [-0.25, -0.2) is 0 Å². The third kappa shape index (κ3) is 1.54. The minimum atomic E-state index is -0.175. The summed E-state index contributed by atoms with van der Waals surface area (Å²) in [6.45, 7) is 6.59. The van der Waals surface area contributed by atoms with Crippen molar-refractivity contribution >= 4 is 0 Å². The number of nitriles is 1. The molecule has 2 rings (SSSR count). The quantitative estimate of drug-likeness (QED) is 0.675. The zero-order valence-electron chi connectivity index (χ0n) is 9.34. The first-order valence-corrected chi connectivity index (χ1v) is 5.56. The second-order valence-corrected chi connectivity index (χ2v) is 5.52. The fraction of sp³-hybridized carbons (Fsp3) is 0.917. The molecule has 78 valence electrons. The molecule has 2 nitrogen and oxygen atoms in total. The first-order chi connectivity index (χ1) is 6.49. The summed E-state index contributed by atoms with van der Waals surface area (Å²) in [4.78, 5) is 0. The smallest absolute Gasteiger partial charge is 0.0792 e. The topological polar surface area (TPSA) is 33.0 Å². The van der Waals surface area contributed by atoms with Crippen molar-refractivity contribution < 1.29 is 4.74 Å². The number of rotatable bonds is 2. The lowest BCUT2D eigenvalue weighted by atomic mass is 9.92. The van der Waals surface area contributed by atoms with Gasteiger partial charge in [0.1, 0.15) is 0 Å². The second-order valence-electron chi connectivity index (χ2n) is 5.52. The number of ether oxygens (including phenoxy) is 1. The Morgan fingerprint density at radius 2 is 2.07 bits per heavy atom. The highest BCUT2D eigenvalue weighted by Crippen LogP contribution is 2.55. The molecule has 2 heteroatoms. The van der Waals surface area contributed by atoms with Gasteiger partial charge in [0.25, 0.3) is 0 Å². The van der Waals surface area contributed by atoms with Crippen LogP contribution < -0.4 is 0 Å². The fourth-order valence-corrected chi connectivity index (χ4v) is 2.90. The molecule has 1 aliphatic carbocycles. The maximum atomic E-state index is 8.74. The minimum absolute atomic E-state index is 0.0605. The van der Waals surface area contributed by atoms with E-state index in [4.69, 9.17) is 10.00 Å².